The van der Waals surface area contributed by atoms with Gasteiger partial charge in [-0.05, 0) is 52.7 Å². The van der Waals surface area contributed by atoms with Crippen LogP contribution >= 0.6 is 15.9 Å². The number of rotatable bonds is 2. The lowest BCUT2D eigenvalue weighted by atomic mass is 10.2. The van der Waals surface area contributed by atoms with Gasteiger partial charge < -0.3 is 4.74 Å². The van der Waals surface area contributed by atoms with Crippen molar-refractivity contribution in [3.05, 3.63) is 52.0 Å². The minimum atomic E-state index is -0.296. The number of aromatic nitrogens is 1. The third-order valence-electron chi connectivity index (χ3n) is 2.28. The van der Waals surface area contributed by atoms with Crippen LogP contribution < -0.4 is 4.74 Å². The zero-order valence-corrected chi connectivity index (χ0v) is 11.0. The molecule has 18 heavy (non-hydrogen) atoms. The first-order valence-electron chi connectivity index (χ1n) is 5.10. The normalized spacial score (nSPS) is 9.89. The first kappa shape index (κ1) is 12.5. The number of halogens is 2. The lowest BCUT2D eigenvalue weighted by molar-refractivity contribution is 0.475. The summed E-state index contributed by atoms with van der Waals surface area (Å²) in [6.07, 6.45) is 1.52. The number of aryl methyl sites for hydroxylation is 1. The van der Waals surface area contributed by atoms with Crippen LogP contribution in [0.2, 0.25) is 0 Å². The molecule has 0 atom stereocenters. The van der Waals surface area contributed by atoms with E-state index >= 15 is 0 Å². The first-order chi connectivity index (χ1) is 8.60. The third-order valence-corrected chi connectivity index (χ3v) is 2.72. The predicted molar refractivity (Wildman–Crippen MR) is 67.9 cm³/mol. The van der Waals surface area contributed by atoms with Gasteiger partial charge in [0.05, 0.1) is 0 Å². The number of hydrogen-bond acceptors (Lipinski definition) is 3. The second kappa shape index (κ2) is 5.15. The van der Waals surface area contributed by atoms with Crippen LogP contribution in [0.15, 0.2) is 34.9 Å². The number of nitriles is 1. The molecule has 1 aromatic heterocycles. The first-order valence-corrected chi connectivity index (χ1v) is 5.89. The second-order valence-electron chi connectivity index (χ2n) is 3.63. The van der Waals surface area contributed by atoms with Crippen molar-refractivity contribution in [2.45, 2.75) is 6.92 Å². The Morgan fingerprint density at radius 3 is 2.83 bits per heavy atom. The molecule has 0 aliphatic carbocycles. The van der Waals surface area contributed by atoms with Crippen molar-refractivity contribution in [2.75, 3.05) is 0 Å². The molecular weight excluding hydrogens is 299 g/mol. The van der Waals surface area contributed by atoms with E-state index in [9.17, 15) is 4.39 Å². The fourth-order valence-corrected chi connectivity index (χ4v) is 1.70. The maximum Gasteiger partial charge on any atom is 0.183 e. The quantitative estimate of drug-likeness (QED) is 0.843. The summed E-state index contributed by atoms with van der Waals surface area (Å²) in [4.78, 5) is 3.93. The molecule has 3 nitrogen and oxygen atoms in total. The fourth-order valence-electron chi connectivity index (χ4n) is 1.39. The standard InChI is InChI=1S/C13H8BrFN2O/c1-8-4-10(2-3-11(8)15)18-13-5-9(14)7-17-12(13)6-16/h2-5,7H,1H3. The lowest BCUT2D eigenvalue weighted by Gasteiger charge is -2.08. The van der Waals surface area contributed by atoms with E-state index in [0.29, 0.717) is 21.5 Å². The zero-order valence-electron chi connectivity index (χ0n) is 9.45. The van der Waals surface area contributed by atoms with E-state index in [4.69, 9.17) is 10.00 Å². The zero-order chi connectivity index (χ0) is 13.1. The van der Waals surface area contributed by atoms with Gasteiger partial charge in [-0.3, -0.25) is 0 Å². The smallest absolute Gasteiger partial charge is 0.183 e. The summed E-state index contributed by atoms with van der Waals surface area (Å²) in [7, 11) is 0. The number of nitrogens with zero attached hydrogens (tertiary/aromatic N) is 2. The molecule has 0 saturated heterocycles. The van der Waals surface area contributed by atoms with E-state index in [1.807, 2.05) is 6.07 Å². The van der Waals surface area contributed by atoms with Crippen LogP contribution in [0.4, 0.5) is 4.39 Å². The molecule has 0 bridgehead atoms. The fraction of sp³-hybridized carbons (Fsp3) is 0.0769. The largest absolute Gasteiger partial charge is 0.454 e. The molecule has 0 N–H and O–H groups in total. The van der Waals surface area contributed by atoms with Crippen LogP contribution in [-0.2, 0) is 0 Å². The van der Waals surface area contributed by atoms with E-state index in [0.717, 1.165) is 0 Å². The molecule has 1 heterocycles. The molecule has 0 radical (unpaired) electrons. The highest BCUT2D eigenvalue weighted by Gasteiger charge is 2.08. The minimum Gasteiger partial charge on any atom is -0.454 e. The second-order valence-corrected chi connectivity index (χ2v) is 4.54. The molecule has 2 aromatic rings. The van der Waals surface area contributed by atoms with Crippen LogP contribution in [0, 0.1) is 24.1 Å². The molecule has 5 heteroatoms. The molecule has 0 saturated carbocycles. The molecule has 1 aromatic carbocycles. The lowest BCUT2D eigenvalue weighted by Crippen LogP contribution is -1.92. The minimum absolute atomic E-state index is 0.181. The molecule has 0 fully saturated rings. The van der Waals surface area contributed by atoms with Crippen molar-refractivity contribution in [3.8, 4) is 17.6 Å². The Kier molecular flexibility index (Phi) is 3.58. The number of benzene rings is 1. The van der Waals surface area contributed by atoms with Crippen LogP contribution in [0.5, 0.6) is 11.5 Å². The topological polar surface area (TPSA) is 45.9 Å². The molecule has 0 aliphatic rings. The van der Waals surface area contributed by atoms with Gasteiger partial charge in [-0.15, -0.1) is 0 Å². The highest BCUT2D eigenvalue weighted by Crippen LogP contribution is 2.27. The maximum atomic E-state index is 13.1. The van der Waals surface area contributed by atoms with Gasteiger partial charge in [-0.25, -0.2) is 9.37 Å². The Labute approximate surface area is 112 Å². The van der Waals surface area contributed by atoms with Gasteiger partial charge in [-0.2, -0.15) is 5.26 Å². The van der Waals surface area contributed by atoms with Gasteiger partial charge >= 0.3 is 0 Å². The maximum absolute atomic E-state index is 13.1. The van der Waals surface area contributed by atoms with Crippen molar-refractivity contribution in [3.63, 3.8) is 0 Å². The van der Waals surface area contributed by atoms with E-state index in [-0.39, 0.29) is 11.5 Å². The van der Waals surface area contributed by atoms with Gasteiger partial charge in [0.15, 0.2) is 11.4 Å². The molecule has 2 rings (SSSR count). The molecule has 0 aliphatic heterocycles. The van der Waals surface area contributed by atoms with Crippen LogP contribution in [0.1, 0.15) is 11.3 Å². The summed E-state index contributed by atoms with van der Waals surface area (Å²) in [5.41, 5.74) is 0.661. The monoisotopic (exact) mass is 306 g/mol. The SMILES string of the molecule is Cc1cc(Oc2cc(Br)cnc2C#N)ccc1F. The summed E-state index contributed by atoms with van der Waals surface area (Å²) < 4.78 is 19.4. The number of pyridine rings is 1. The van der Waals surface area contributed by atoms with Crippen molar-refractivity contribution < 1.29 is 9.13 Å². The molecule has 90 valence electrons. The van der Waals surface area contributed by atoms with Crippen LogP contribution in [-0.4, -0.2) is 4.98 Å². The molecular formula is C13H8BrFN2O. The third kappa shape index (κ3) is 2.66. The summed E-state index contributed by atoms with van der Waals surface area (Å²) >= 11 is 3.25. The van der Waals surface area contributed by atoms with E-state index in [2.05, 4.69) is 20.9 Å². The van der Waals surface area contributed by atoms with Crippen molar-refractivity contribution in [1.82, 2.24) is 4.98 Å². The average molecular weight is 307 g/mol. The van der Waals surface area contributed by atoms with Crippen molar-refractivity contribution in [1.29, 1.82) is 5.26 Å². The number of ether oxygens (including phenoxy) is 1. The van der Waals surface area contributed by atoms with Gasteiger partial charge in [0.2, 0.25) is 0 Å². The summed E-state index contributed by atoms with van der Waals surface area (Å²) in [6, 6.07) is 7.97. The average Bonchev–Trinajstić information content (AvgIpc) is 2.34. The predicted octanol–water partition coefficient (Wildman–Crippen LogP) is 3.96. The van der Waals surface area contributed by atoms with E-state index in [1.54, 1.807) is 19.1 Å². The van der Waals surface area contributed by atoms with Gasteiger partial charge in [0.1, 0.15) is 17.6 Å². The Hall–Kier alpha value is -1.93. The summed E-state index contributed by atoms with van der Waals surface area (Å²) in [5.74, 6) is 0.499. The highest BCUT2D eigenvalue weighted by molar-refractivity contribution is 9.10. The van der Waals surface area contributed by atoms with Gasteiger partial charge in [-0.1, -0.05) is 0 Å². The van der Waals surface area contributed by atoms with Crippen LogP contribution in [0.3, 0.4) is 0 Å². The van der Waals surface area contributed by atoms with E-state index < -0.39 is 0 Å². The molecule has 0 amide bonds. The number of hydrogen-bond donors (Lipinski definition) is 0. The van der Waals surface area contributed by atoms with Crippen molar-refractivity contribution in [2.24, 2.45) is 0 Å². The highest BCUT2D eigenvalue weighted by atomic mass is 79.9. The molecule has 0 unspecified atom stereocenters. The Morgan fingerprint density at radius 1 is 1.39 bits per heavy atom. The van der Waals surface area contributed by atoms with Crippen LogP contribution in [0.25, 0.3) is 0 Å². The summed E-state index contributed by atoms with van der Waals surface area (Å²) in [5, 5.41) is 8.92. The Morgan fingerprint density at radius 2 is 2.17 bits per heavy atom. The van der Waals surface area contributed by atoms with Gasteiger partial charge in [0, 0.05) is 10.7 Å². The molecule has 0 spiro atoms. The van der Waals surface area contributed by atoms with Gasteiger partial charge in [0.25, 0.3) is 0 Å². The Balaban J connectivity index is 2.36. The van der Waals surface area contributed by atoms with Crippen molar-refractivity contribution >= 4 is 15.9 Å². The van der Waals surface area contributed by atoms with E-state index in [1.165, 1.54) is 18.3 Å². The Bertz CT molecular complexity index is 637. The summed E-state index contributed by atoms with van der Waals surface area (Å²) in [6.45, 7) is 1.65.